The van der Waals surface area contributed by atoms with E-state index in [1.165, 1.54) is 18.8 Å². The van der Waals surface area contributed by atoms with Crippen molar-refractivity contribution in [3.63, 3.8) is 0 Å². The first-order valence-corrected chi connectivity index (χ1v) is 7.74. The van der Waals surface area contributed by atoms with Gasteiger partial charge in [-0.1, -0.05) is 11.8 Å². The lowest BCUT2D eigenvalue weighted by molar-refractivity contribution is -0.141. The summed E-state index contributed by atoms with van der Waals surface area (Å²) in [6.45, 7) is 1.83. The SMILES string of the molecule is CSc1nc2c(Oc3cc(C(F)(F)F)nn3C)cc(C)cc2o1. The van der Waals surface area contributed by atoms with Gasteiger partial charge in [0.05, 0.1) is 0 Å². The Morgan fingerprint density at radius 2 is 2.00 bits per heavy atom. The van der Waals surface area contributed by atoms with Gasteiger partial charge in [-0.3, -0.25) is 0 Å². The van der Waals surface area contributed by atoms with Crippen LogP contribution in [0.3, 0.4) is 0 Å². The Kier molecular flexibility index (Phi) is 3.75. The van der Waals surface area contributed by atoms with Crippen LogP contribution in [-0.4, -0.2) is 21.0 Å². The third-order valence-corrected chi connectivity index (χ3v) is 3.62. The second kappa shape index (κ2) is 5.48. The second-order valence-corrected chi connectivity index (χ2v) is 5.64. The number of hydrogen-bond donors (Lipinski definition) is 0. The summed E-state index contributed by atoms with van der Waals surface area (Å²) in [6, 6.07) is 4.33. The highest BCUT2D eigenvalue weighted by atomic mass is 32.2. The van der Waals surface area contributed by atoms with Crippen LogP contribution in [0.5, 0.6) is 11.6 Å². The average Bonchev–Trinajstić information content (AvgIpc) is 3.02. The molecule has 2 aromatic heterocycles. The monoisotopic (exact) mass is 343 g/mol. The summed E-state index contributed by atoms with van der Waals surface area (Å²) in [4.78, 5) is 4.27. The van der Waals surface area contributed by atoms with Gasteiger partial charge in [-0.2, -0.15) is 23.3 Å². The maximum Gasteiger partial charge on any atom is 0.435 e. The van der Waals surface area contributed by atoms with Crippen LogP contribution in [-0.2, 0) is 13.2 Å². The summed E-state index contributed by atoms with van der Waals surface area (Å²) in [5.41, 5.74) is 0.802. The van der Waals surface area contributed by atoms with Crippen LogP contribution < -0.4 is 4.74 Å². The number of hydrogen-bond acceptors (Lipinski definition) is 5. The molecule has 5 nitrogen and oxygen atoms in total. The minimum absolute atomic E-state index is 0.0297. The van der Waals surface area contributed by atoms with Gasteiger partial charge in [0, 0.05) is 13.1 Å². The van der Waals surface area contributed by atoms with E-state index in [0.29, 0.717) is 22.1 Å². The molecule has 9 heteroatoms. The van der Waals surface area contributed by atoms with Crippen molar-refractivity contribution >= 4 is 22.9 Å². The third-order valence-electron chi connectivity index (χ3n) is 3.10. The van der Waals surface area contributed by atoms with Crippen LogP contribution in [0.15, 0.2) is 27.8 Å². The van der Waals surface area contributed by atoms with E-state index in [2.05, 4.69) is 10.1 Å². The van der Waals surface area contributed by atoms with Crippen molar-refractivity contribution in [2.45, 2.75) is 18.3 Å². The molecule has 0 aliphatic carbocycles. The van der Waals surface area contributed by atoms with Gasteiger partial charge in [-0.15, -0.1) is 0 Å². The molecular formula is C14H12F3N3O2S. The topological polar surface area (TPSA) is 53.1 Å². The summed E-state index contributed by atoms with van der Waals surface area (Å²) in [7, 11) is 1.38. The maximum atomic E-state index is 12.7. The van der Waals surface area contributed by atoms with Gasteiger partial charge >= 0.3 is 6.18 Å². The fourth-order valence-corrected chi connectivity index (χ4v) is 2.43. The molecule has 23 heavy (non-hydrogen) atoms. The summed E-state index contributed by atoms with van der Waals surface area (Å²) in [6.07, 6.45) is -2.71. The van der Waals surface area contributed by atoms with Gasteiger partial charge in [0.2, 0.25) is 5.88 Å². The molecule has 0 saturated carbocycles. The number of nitrogens with zero attached hydrogens (tertiary/aromatic N) is 3. The summed E-state index contributed by atoms with van der Waals surface area (Å²) >= 11 is 1.33. The lowest BCUT2D eigenvalue weighted by Crippen LogP contribution is -2.06. The molecule has 0 radical (unpaired) electrons. The van der Waals surface area contributed by atoms with Gasteiger partial charge in [-0.05, 0) is 30.9 Å². The van der Waals surface area contributed by atoms with Crippen molar-refractivity contribution in [2.75, 3.05) is 6.26 Å². The van der Waals surface area contributed by atoms with E-state index in [0.717, 1.165) is 16.3 Å². The molecule has 0 amide bonds. The molecule has 0 bridgehead atoms. The van der Waals surface area contributed by atoms with Crippen molar-refractivity contribution in [1.82, 2.24) is 14.8 Å². The first-order chi connectivity index (χ1) is 10.8. The highest BCUT2D eigenvalue weighted by molar-refractivity contribution is 7.98. The smallest absolute Gasteiger partial charge is 0.435 e. The minimum Gasteiger partial charge on any atom is -0.437 e. The zero-order valence-electron chi connectivity index (χ0n) is 12.4. The Morgan fingerprint density at radius 3 is 2.61 bits per heavy atom. The fraction of sp³-hybridized carbons (Fsp3) is 0.286. The highest BCUT2D eigenvalue weighted by Crippen LogP contribution is 2.35. The zero-order valence-corrected chi connectivity index (χ0v) is 13.2. The van der Waals surface area contributed by atoms with Gasteiger partial charge in [0.1, 0.15) is 0 Å². The van der Waals surface area contributed by atoms with Crippen LogP contribution >= 0.6 is 11.8 Å². The van der Waals surface area contributed by atoms with Crippen molar-refractivity contribution in [2.24, 2.45) is 7.05 Å². The van der Waals surface area contributed by atoms with Crippen molar-refractivity contribution in [3.05, 3.63) is 29.5 Å². The van der Waals surface area contributed by atoms with E-state index in [-0.39, 0.29) is 5.88 Å². The number of benzene rings is 1. The Morgan fingerprint density at radius 1 is 1.26 bits per heavy atom. The number of halogens is 3. The largest absolute Gasteiger partial charge is 0.437 e. The molecule has 3 aromatic rings. The van der Waals surface area contributed by atoms with Gasteiger partial charge < -0.3 is 9.15 Å². The van der Waals surface area contributed by atoms with E-state index < -0.39 is 11.9 Å². The van der Waals surface area contributed by atoms with Crippen LogP contribution in [0.2, 0.25) is 0 Å². The quantitative estimate of drug-likeness (QED) is 0.660. The molecule has 0 atom stereocenters. The normalized spacial score (nSPS) is 12.1. The number of oxazole rings is 1. The predicted molar refractivity (Wildman–Crippen MR) is 78.8 cm³/mol. The number of rotatable bonds is 3. The molecule has 0 N–H and O–H groups in total. The third kappa shape index (κ3) is 3.00. The van der Waals surface area contributed by atoms with E-state index >= 15 is 0 Å². The van der Waals surface area contributed by atoms with Gasteiger partial charge in [0.15, 0.2) is 22.5 Å². The van der Waals surface area contributed by atoms with Crippen LogP contribution in [0.25, 0.3) is 11.1 Å². The van der Waals surface area contributed by atoms with Gasteiger partial charge in [-0.25, -0.2) is 4.68 Å². The molecule has 0 aliphatic heterocycles. The lowest BCUT2D eigenvalue weighted by atomic mass is 10.2. The highest BCUT2D eigenvalue weighted by Gasteiger charge is 2.35. The van der Waals surface area contributed by atoms with Crippen LogP contribution in [0, 0.1) is 6.92 Å². The number of ether oxygens (including phenoxy) is 1. The maximum absolute atomic E-state index is 12.7. The molecule has 0 spiro atoms. The summed E-state index contributed by atoms with van der Waals surface area (Å²) < 4.78 is 50.3. The predicted octanol–water partition coefficient (Wildman–Crippen LogP) is 4.40. The number of aryl methyl sites for hydroxylation is 2. The molecular weight excluding hydrogens is 331 g/mol. The number of fused-ring (bicyclic) bond motifs is 1. The van der Waals surface area contributed by atoms with Crippen molar-refractivity contribution in [3.8, 4) is 11.6 Å². The van der Waals surface area contributed by atoms with E-state index in [4.69, 9.17) is 9.15 Å². The van der Waals surface area contributed by atoms with E-state index in [1.807, 2.05) is 13.2 Å². The first kappa shape index (κ1) is 15.7. The minimum atomic E-state index is -4.53. The lowest BCUT2D eigenvalue weighted by Gasteiger charge is -2.06. The average molecular weight is 343 g/mol. The van der Waals surface area contributed by atoms with E-state index in [9.17, 15) is 13.2 Å². The molecule has 2 heterocycles. The van der Waals surface area contributed by atoms with Gasteiger partial charge in [0.25, 0.3) is 5.22 Å². The molecule has 1 aromatic carbocycles. The van der Waals surface area contributed by atoms with Crippen LogP contribution in [0.4, 0.5) is 13.2 Å². The second-order valence-electron chi connectivity index (χ2n) is 4.88. The van der Waals surface area contributed by atoms with Crippen molar-refractivity contribution in [1.29, 1.82) is 0 Å². The van der Waals surface area contributed by atoms with E-state index in [1.54, 1.807) is 12.1 Å². The fourth-order valence-electron chi connectivity index (χ4n) is 2.07. The van der Waals surface area contributed by atoms with Crippen LogP contribution in [0.1, 0.15) is 11.3 Å². The summed E-state index contributed by atoms with van der Waals surface area (Å²) in [5.74, 6) is 0.290. The molecule has 122 valence electrons. The Balaban J connectivity index is 2.05. The molecule has 0 aliphatic rings. The molecule has 0 saturated heterocycles. The van der Waals surface area contributed by atoms with Crippen molar-refractivity contribution < 1.29 is 22.3 Å². The molecule has 0 unspecified atom stereocenters. The summed E-state index contributed by atoms with van der Waals surface area (Å²) in [5, 5.41) is 3.88. The Bertz CT molecular complexity index is 870. The number of alkyl halides is 3. The standard InChI is InChI=1S/C14H12F3N3O2S/c1-7-4-8(12-9(5-7)22-13(18-12)23-3)21-11-6-10(14(15,16)17)19-20(11)2/h4-6H,1-3H3. The molecule has 0 fully saturated rings. The Hall–Kier alpha value is -2.16. The number of aromatic nitrogens is 3. The zero-order chi connectivity index (χ0) is 16.8. The molecule has 3 rings (SSSR count). The first-order valence-electron chi connectivity index (χ1n) is 6.52. The Labute approximate surface area is 133 Å². The number of thioether (sulfide) groups is 1.